The first-order valence-corrected chi connectivity index (χ1v) is 6.65. The number of benzene rings is 1. The van der Waals surface area contributed by atoms with Crippen molar-refractivity contribution in [2.45, 2.75) is 5.33 Å². The zero-order valence-corrected chi connectivity index (χ0v) is 11.9. The third-order valence-electron chi connectivity index (χ3n) is 2.63. The number of rotatable bonds is 4. The molecule has 1 heterocycles. The molecule has 0 atom stereocenters. The molecule has 0 bridgehead atoms. The summed E-state index contributed by atoms with van der Waals surface area (Å²) in [4.78, 5) is 4.56. The minimum atomic E-state index is 0.729. The number of ether oxygens (including phenoxy) is 2. The highest BCUT2D eigenvalue weighted by Crippen LogP contribution is 2.32. The zero-order valence-electron chi connectivity index (χ0n) is 10.3. The van der Waals surface area contributed by atoms with Crippen LogP contribution >= 0.6 is 15.9 Å². The summed E-state index contributed by atoms with van der Waals surface area (Å²) in [7, 11) is 3.30. The topological polar surface area (TPSA) is 31.4 Å². The lowest BCUT2D eigenvalue weighted by molar-refractivity contribution is 0.404. The lowest BCUT2D eigenvalue weighted by Gasteiger charge is -2.10. The molecule has 0 aliphatic rings. The minimum absolute atomic E-state index is 0.729. The average Bonchev–Trinajstić information content (AvgIpc) is 2.46. The number of hydrogen-bond donors (Lipinski definition) is 0. The van der Waals surface area contributed by atoms with Gasteiger partial charge in [0, 0.05) is 10.9 Å². The number of pyridine rings is 1. The number of nitrogens with zero attached hydrogens (tertiary/aromatic N) is 1. The van der Waals surface area contributed by atoms with Gasteiger partial charge in [0.2, 0.25) is 0 Å². The normalized spacial score (nSPS) is 10.2. The average molecular weight is 308 g/mol. The van der Waals surface area contributed by atoms with E-state index in [2.05, 4.69) is 20.9 Å². The second-order valence-electron chi connectivity index (χ2n) is 3.71. The van der Waals surface area contributed by atoms with E-state index in [4.69, 9.17) is 9.47 Å². The zero-order chi connectivity index (χ0) is 13.0. The predicted molar refractivity (Wildman–Crippen MR) is 75.4 cm³/mol. The van der Waals surface area contributed by atoms with Crippen LogP contribution in [0.15, 0.2) is 36.4 Å². The summed E-state index contributed by atoms with van der Waals surface area (Å²) in [6, 6.07) is 11.6. The van der Waals surface area contributed by atoms with Crippen molar-refractivity contribution in [3.8, 4) is 22.8 Å². The van der Waals surface area contributed by atoms with Crippen molar-refractivity contribution >= 4 is 15.9 Å². The van der Waals surface area contributed by atoms with Gasteiger partial charge >= 0.3 is 0 Å². The Morgan fingerprint density at radius 3 is 2.61 bits per heavy atom. The van der Waals surface area contributed by atoms with Crippen molar-refractivity contribution in [1.29, 1.82) is 0 Å². The van der Waals surface area contributed by atoms with Crippen molar-refractivity contribution in [2.24, 2.45) is 0 Å². The maximum absolute atomic E-state index is 5.37. The molecule has 0 N–H and O–H groups in total. The summed E-state index contributed by atoms with van der Waals surface area (Å²) in [6.45, 7) is 0. The van der Waals surface area contributed by atoms with Crippen LogP contribution in [0.5, 0.6) is 11.5 Å². The van der Waals surface area contributed by atoms with E-state index in [1.807, 2.05) is 36.4 Å². The van der Waals surface area contributed by atoms with Gasteiger partial charge in [0.25, 0.3) is 0 Å². The Balaban J connectivity index is 2.53. The maximum atomic E-state index is 5.37. The first-order valence-electron chi connectivity index (χ1n) is 5.52. The van der Waals surface area contributed by atoms with Crippen LogP contribution in [0.3, 0.4) is 0 Å². The number of aromatic nitrogens is 1. The predicted octanol–water partition coefficient (Wildman–Crippen LogP) is 3.66. The first kappa shape index (κ1) is 12.9. The first-order chi connectivity index (χ1) is 8.78. The van der Waals surface area contributed by atoms with E-state index in [9.17, 15) is 0 Å². The molecule has 1 aromatic heterocycles. The Bertz CT molecular complexity index is 543. The molecule has 4 heteroatoms. The fraction of sp³-hybridized carbons (Fsp3) is 0.214. The smallest absolute Gasteiger partial charge is 0.128 e. The van der Waals surface area contributed by atoms with Gasteiger partial charge < -0.3 is 9.47 Å². The molecule has 94 valence electrons. The summed E-state index contributed by atoms with van der Waals surface area (Å²) >= 11 is 3.41. The summed E-state index contributed by atoms with van der Waals surface area (Å²) in [5.41, 5.74) is 2.79. The standard InChI is InChI=1S/C14H14BrNO2/c1-17-11-6-7-14(18-2)12(8-11)13-5-3-4-10(9-15)16-13/h3-8H,9H2,1-2H3. The lowest BCUT2D eigenvalue weighted by Crippen LogP contribution is -1.93. The number of halogens is 1. The second-order valence-corrected chi connectivity index (χ2v) is 4.27. The molecule has 0 radical (unpaired) electrons. The monoisotopic (exact) mass is 307 g/mol. The van der Waals surface area contributed by atoms with Gasteiger partial charge in [-0.1, -0.05) is 22.0 Å². The van der Waals surface area contributed by atoms with Gasteiger partial charge in [-0.15, -0.1) is 0 Å². The summed E-state index contributed by atoms with van der Waals surface area (Å²) in [6.07, 6.45) is 0. The maximum Gasteiger partial charge on any atom is 0.128 e. The van der Waals surface area contributed by atoms with E-state index in [0.717, 1.165) is 33.8 Å². The van der Waals surface area contributed by atoms with Crippen molar-refractivity contribution in [2.75, 3.05) is 14.2 Å². The third kappa shape index (κ3) is 2.64. The van der Waals surface area contributed by atoms with E-state index >= 15 is 0 Å². The molecule has 3 nitrogen and oxygen atoms in total. The van der Waals surface area contributed by atoms with Crippen LogP contribution in [0, 0.1) is 0 Å². The van der Waals surface area contributed by atoms with Crippen LogP contribution in [-0.2, 0) is 5.33 Å². The SMILES string of the molecule is COc1ccc(OC)c(-c2cccc(CBr)n2)c1. The van der Waals surface area contributed by atoms with Crippen LogP contribution < -0.4 is 9.47 Å². The number of hydrogen-bond acceptors (Lipinski definition) is 3. The van der Waals surface area contributed by atoms with E-state index in [0.29, 0.717) is 0 Å². The molecule has 18 heavy (non-hydrogen) atoms. The van der Waals surface area contributed by atoms with Gasteiger partial charge in [-0.05, 0) is 30.3 Å². The van der Waals surface area contributed by atoms with Crippen LogP contribution in [0.4, 0.5) is 0 Å². The molecule has 0 fully saturated rings. The Kier molecular flexibility index (Phi) is 4.20. The Morgan fingerprint density at radius 1 is 1.11 bits per heavy atom. The van der Waals surface area contributed by atoms with Crippen LogP contribution in [0.2, 0.25) is 0 Å². The van der Waals surface area contributed by atoms with E-state index in [-0.39, 0.29) is 0 Å². The second kappa shape index (κ2) is 5.87. The van der Waals surface area contributed by atoms with Gasteiger partial charge in [-0.25, -0.2) is 0 Å². The molecule has 1 aromatic carbocycles. The Morgan fingerprint density at radius 2 is 1.94 bits per heavy atom. The summed E-state index contributed by atoms with van der Waals surface area (Å²) in [5.74, 6) is 1.58. The molecule has 2 aromatic rings. The van der Waals surface area contributed by atoms with Gasteiger partial charge in [-0.2, -0.15) is 0 Å². The van der Waals surface area contributed by atoms with Crippen LogP contribution in [0.25, 0.3) is 11.3 Å². The molecule has 0 spiro atoms. The van der Waals surface area contributed by atoms with E-state index in [1.54, 1.807) is 14.2 Å². The molecule has 0 aliphatic heterocycles. The van der Waals surface area contributed by atoms with Gasteiger partial charge in [0.15, 0.2) is 0 Å². The minimum Gasteiger partial charge on any atom is -0.497 e. The summed E-state index contributed by atoms with van der Waals surface area (Å²) < 4.78 is 10.6. The van der Waals surface area contributed by atoms with Gasteiger partial charge in [0.1, 0.15) is 11.5 Å². The van der Waals surface area contributed by atoms with Crippen molar-refractivity contribution in [1.82, 2.24) is 4.98 Å². The van der Waals surface area contributed by atoms with E-state index in [1.165, 1.54) is 0 Å². The van der Waals surface area contributed by atoms with Crippen LogP contribution in [0.1, 0.15) is 5.69 Å². The number of alkyl halides is 1. The van der Waals surface area contributed by atoms with Crippen molar-refractivity contribution < 1.29 is 9.47 Å². The molecule has 0 saturated heterocycles. The highest BCUT2D eigenvalue weighted by molar-refractivity contribution is 9.08. The highest BCUT2D eigenvalue weighted by atomic mass is 79.9. The highest BCUT2D eigenvalue weighted by Gasteiger charge is 2.09. The van der Waals surface area contributed by atoms with Gasteiger partial charge in [0.05, 0.1) is 25.6 Å². The summed E-state index contributed by atoms with van der Waals surface area (Å²) in [5, 5.41) is 0.729. The Labute approximate surface area is 115 Å². The third-order valence-corrected chi connectivity index (χ3v) is 3.20. The Hall–Kier alpha value is -1.55. The molecule has 0 unspecified atom stereocenters. The molecular formula is C14H14BrNO2. The fourth-order valence-electron chi connectivity index (χ4n) is 1.72. The van der Waals surface area contributed by atoms with E-state index < -0.39 is 0 Å². The quantitative estimate of drug-likeness (QED) is 0.808. The molecule has 0 saturated carbocycles. The molecule has 0 amide bonds. The molecule has 0 aliphatic carbocycles. The number of methoxy groups -OCH3 is 2. The fourth-order valence-corrected chi connectivity index (χ4v) is 2.03. The van der Waals surface area contributed by atoms with Crippen molar-refractivity contribution in [3.63, 3.8) is 0 Å². The lowest BCUT2D eigenvalue weighted by atomic mass is 10.1. The molecular weight excluding hydrogens is 294 g/mol. The largest absolute Gasteiger partial charge is 0.497 e. The van der Waals surface area contributed by atoms with Crippen LogP contribution in [-0.4, -0.2) is 19.2 Å². The van der Waals surface area contributed by atoms with Crippen molar-refractivity contribution in [3.05, 3.63) is 42.1 Å². The molecule has 2 rings (SSSR count). The van der Waals surface area contributed by atoms with Gasteiger partial charge in [-0.3, -0.25) is 4.98 Å².